The van der Waals surface area contributed by atoms with Crippen molar-refractivity contribution in [3.05, 3.63) is 14.7 Å². The highest BCUT2D eigenvalue weighted by Crippen LogP contribution is 2.31. The molecule has 1 aromatic heterocycles. The Labute approximate surface area is 131 Å². The Morgan fingerprint density at radius 2 is 2.16 bits per heavy atom. The maximum atomic E-state index is 12.1. The second-order valence-electron chi connectivity index (χ2n) is 4.01. The molecule has 0 spiro atoms. The molecule has 0 fully saturated rings. The number of unbranched alkanes of at least 4 members (excludes halogenated alkanes) is 2. The second kappa shape index (κ2) is 8.63. The molecule has 110 valence electrons. The largest absolute Gasteiger partial charge is 0.326 e. The van der Waals surface area contributed by atoms with E-state index in [4.69, 9.17) is 5.73 Å². The van der Waals surface area contributed by atoms with Gasteiger partial charge in [-0.3, -0.25) is 0 Å². The molecule has 4 nitrogen and oxygen atoms in total. The molecule has 0 unspecified atom stereocenters. The minimum atomic E-state index is -3.42. The first-order valence-corrected chi connectivity index (χ1v) is 10.5. The molecule has 8 heteroatoms. The van der Waals surface area contributed by atoms with Crippen LogP contribution in [0.4, 0.5) is 0 Å². The van der Waals surface area contributed by atoms with Crippen LogP contribution >= 0.6 is 39.0 Å². The van der Waals surface area contributed by atoms with Crippen LogP contribution in [0, 0.1) is 0 Å². The third-order valence-electron chi connectivity index (χ3n) is 2.51. The van der Waals surface area contributed by atoms with Crippen LogP contribution in [-0.4, -0.2) is 27.0 Å². The zero-order valence-electron chi connectivity index (χ0n) is 10.8. The van der Waals surface area contributed by atoms with Gasteiger partial charge in [-0.2, -0.15) is 11.8 Å². The van der Waals surface area contributed by atoms with Gasteiger partial charge in [0, 0.05) is 18.0 Å². The molecule has 0 aliphatic heterocycles. The summed E-state index contributed by atoms with van der Waals surface area (Å²) in [5.74, 6) is 1.13. The molecular formula is C11H19BrN2O2S3. The monoisotopic (exact) mass is 386 g/mol. The third kappa shape index (κ3) is 5.73. The van der Waals surface area contributed by atoms with Crippen LogP contribution in [0.25, 0.3) is 0 Å². The van der Waals surface area contributed by atoms with Crippen molar-refractivity contribution in [2.24, 2.45) is 5.73 Å². The molecule has 1 rings (SSSR count). The molecule has 0 saturated heterocycles. The standard InChI is InChI=1S/C11H19BrN2O2S3/c1-17-6-4-2-3-5-14-19(15,16)10-7-9(8-13)18-11(10)12/h7,14H,2-6,8,13H2,1H3. The van der Waals surface area contributed by atoms with Crippen LogP contribution in [0.2, 0.25) is 0 Å². The van der Waals surface area contributed by atoms with Crippen molar-refractivity contribution in [2.45, 2.75) is 30.7 Å². The molecule has 0 aliphatic carbocycles. The highest BCUT2D eigenvalue weighted by Gasteiger charge is 2.19. The van der Waals surface area contributed by atoms with Crippen LogP contribution in [0.5, 0.6) is 0 Å². The zero-order valence-corrected chi connectivity index (χ0v) is 14.9. The van der Waals surface area contributed by atoms with Crippen LogP contribution in [0.1, 0.15) is 24.1 Å². The van der Waals surface area contributed by atoms with Crippen molar-refractivity contribution in [1.82, 2.24) is 4.72 Å². The predicted molar refractivity (Wildman–Crippen MR) is 87.3 cm³/mol. The number of nitrogens with one attached hydrogen (secondary N) is 1. The molecular weight excluding hydrogens is 368 g/mol. The fourth-order valence-corrected chi connectivity index (χ4v) is 5.64. The average Bonchev–Trinajstić information content (AvgIpc) is 2.76. The Kier molecular flexibility index (Phi) is 7.93. The van der Waals surface area contributed by atoms with E-state index in [2.05, 4.69) is 26.9 Å². The van der Waals surface area contributed by atoms with E-state index < -0.39 is 10.0 Å². The summed E-state index contributed by atoms with van der Waals surface area (Å²) < 4.78 is 27.4. The SMILES string of the molecule is CSCCCCCNS(=O)(=O)c1cc(CN)sc1Br. The van der Waals surface area contributed by atoms with Crippen molar-refractivity contribution in [3.8, 4) is 0 Å². The molecule has 0 atom stereocenters. The van der Waals surface area contributed by atoms with Gasteiger partial charge in [-0.25, -0.2) is 13.1 Å². The van der Waals surface area contributed by atoms with Crippen molar-refractivity contribution >= 4 is 49.1 Å². The average molecular weight is 387 g/mol. The summed E-state index contributed by atoms with van der Waals surface area (Å²) in [5.41, 5.74) is 5.52. The molecule has 0 aromatic carbocycles. The maximum absolute atomic E-state index is 12.1. The maximum Gasteiger partial charge on any atom is 0.242 e. The van der Waals surface area contributed by atoms with Gasteiger partial charge in [0.25, 0.3) is 0 Å². The molecule has 1 aromatic rings. The highest BCUT2D eigenvalue weighted by molar-refractivity contribution is 9.11. The van der Waals surface area contributed by atoms with E-state index in [0.29, 0.717) is 21.8 Å². The molecule has 19 heavy (non-hydrogen) atoms. The summed E-state index contributed by atoms with van der Waals surface area (Å²) in [7, 11) is -3.42. The smallest absolute Gasteiger partial charge is 0.242 e. The lowest BCUT2D eigenvalue weighted by Gasteiger charge is -2.05. The zero-order chi connectivity index (χ0) is 14.3. The first-order valence-electron chi connectivity index (χ1n) is 5.98. The summed E-state index contributed by atoms with van der Waals surface area (Å²) in [6.45, 7) is 0.838. The van der Waals surface area contributed by atoms with Gasteiger partial charge < -0.3 is 5.73 Å². The van der Waals surface area contributed by atoms with E-state index in [9.17, 15) is 8.42 Å². The topological polar surface area (TPSA) is 72.2 Å². The minimum Gasteiger partial charge on any atom is -0.326 e. The van der Waals surface area contributed by atoms with Gasteiger partial charge in [0.2, 0.25) is 10.0 Å². The van der Waals surface area contributed by atoms with Crippen LogP contribution in [-0.2, 0) is 16.6 Å². The lowest BCUT2D eigenvalue weighted by molar-refractivity contribution is 0.576. The third-order valence-corrected chi connectivity index (χ3v) is 6.95. The van der Waals surface area contributed by atoms with Crippen molar-refractivity contribution in [1.29, 1.82) is 0 Å². The van der Waals surface area contributed by atoms with E-state index in [-0.39, 0.29) is 0 Å². The van der Waals surface area contributed by atoms with Crippen molar-refractivity contribution < 1.29 is 8.42 Å². The van der Waals surface area contributed by atoms with Gasteiger partial charge in [-0.1, -0.05) is 6.42 Å². The predicted octanol–water partition coefficient (Wildman–Crippen LogP) is 2.78. The van der Waals surface area contributed by atoms with Crippen LogP contribution in [0.15, 0.2) is 14.7 Å². The van der Waals surface area contributed by atoms with E-state index in [1.807, 2.05) is 11.8 Å². The second-order valence-corrected chi connectivity index (χ2v) is 9.18. The van der Waals surface area contributed by atoms with Crippen molar-refractivity contribution in [2.75, 3.05) is 18.6 Å². The first-order chi connectivity index (χ1) is 9.01. The number of hydrogen-bond acceptors (Lipinski definition) is 5. The lowest BCUT2D eigenvalue weighted by Crippen LogP contribution is -2.24. The molecule has 0 saturated carbocycles. The summed E-state index contributed by atoms with van der Waals surface area (Å²) in [6.07, 6.45) is 5.11. The highest BCUT2D eigenvalue weighted by atomic mass is 79.9. The molecule has 0 bridgehead atoms. The lowest BCUT2D eigenvalue weighted by atomic mass is 10.2. The Balaban J connectivity index is 2.49. The van der Waals surface area contributed by atoms with Gasteiger partial charge in [0.15, 0.2) is 0 Å². The number of sulfonamides is 1. The van der Waals surface area contributed by atoms with Gasteiger partial charge in [-0.15, -0.1) is 11.3 Å². The van der Waals surface area contributed by atoms with E-state index in [1.165, 1.54) is 11.3 Å². The minimum absolute atomic E-state index is 0.294. The van der Waals surface area contributed by atoms with Gasteiger partial charge in [0.05, 0.1) is 3.79 Å². The Bertz CT molecular complexity index is 488. The molecule has 0 amide bonds. The van der Waals surface area contributed by atoms with E-state index in [0.717, 1.165) is 29.9 Å². The number of thiophene rings is 1. The number of rotatable bonds is 9. The summed E-state index contributed by atoms with van der Waals surface area (Å²) >= 11 is 6.45. The molecule has 3 N–H and O–H groups in total. The fourth-order valence-electron chi connectivity index (χ4n) is 1.51. The fraction of sp³-hybridized carbons (Fsp3) is 0.636. The summed E-state index contributed by atoms with van der Waals surface area (Å²) in [4.78, 5) is 1.15. The van der Waals surface area contributed by atoms with Gasteiger partial charge in [-0.05, 0) is 46.8 Å². The number of thioether (sulfide) groups is 1. The Morgan fingerprint density at radius 3 is 2.74 bits per heavy atom. The quantitative estimate of drug-likeness (QED) is 0.639. The van der Waals surface area contributed by atoms with Crippen LogP contribution in [0.3, 0.4) is 0 Å². The Hall–Kier alpha value is 0.400. The first kappa shape index (κ1) is 17.5. The van der Waals surface area contributed by atoms with Crippen molar-refractivity contribution in [3.63, 3.8) is 0 Å². The molecule has 0 aliphatic rings. The van der Waals surface area contributed by atoms with Gasteiger partial charge in [0.1, 0.15) is 4.90 Å². The number of halogens is 1. The molecule has 1 heterocycles. The van der Waals surface area contributed by atoms with E-state index >= 15 is 0 Å². The number of hydrogen-bond donors (Lipinski definition) is 2. The van der Waals surface area contributed by atoms with Gasteiger partial charge >= 0.3 is 0 Å². The Morgan fingerprint density at radius 1 is 1.42 bits per heavy atom. The van der Waals surface area contributed by atoms with E-state index in [1.54, 1.807) is 6.07 Å². The van der Waals surface area contributed by atoms with Crippen LogP contribution < -0.4 is 10.5 Å². The summed E-state index contributed by atoms with van der Waals surface area (Å²) in [6, 6.07) is 1.63. The summed E-state index contributed by atoms with van der Waals surface area (Å²) in [5, 5.41) is 0. The normalized spacial score (nSPS) is 11.9. The number of nitrogens with two attached hydrogens (primary N) is 1. The molecule has 0 radical (unpaired) electrons.